The number of nitrogens with zero attached hydrogens (tertiary/aromatic N) is 2. The van der Waals surface area contributed by atoms with Gasteiger partial charge in [-0.05, 0) is 25.3 Å². The average Bonchev–Trinajstić information content (AvgIpc) is 2.76. The van der Waals surface area contributed by atoms with Crippen LogP contribution in [0.4, 0.5) is 0 Å². The Hall–Kier alpha value is -1.44. The fourth-order valence-corrected chi connectivity index (χ4v) is 2.12. The van der Waals surface area contributed by atoms with Gasteiger partial charge in [0, 0.05) is 31.5 Å². The molecule has 1 saturated heterocycles. The number of nitrogens with one attached hydrogen (secondary N) is 1. The third kappa shape index (κ3) is 3.02. The van der Waals surface area contributed by atoms with Crippen molar-refractivity contribution < 1.29 is 4.74 Å². The van der Waals surface area contributed by atoms with Crippen LogP contribution in [-0.2, 0) is 11.3 Å². The zero-order valence-electron chi connectivity index (χ0n) is 10.0. The average molecular weight is 231 g/mol. The summed E-state index contributed by atoms with van der Waals surface area (Å²) in [6.07, 6.45) is 3.10. The van der Waals surface area contributed by atoms with Crippen molar-refractivity contribution in [2.24, 2.45) is 5.92 Å². The number of hydrogen-bond acceptors (Lipinski definition) is 4. The van der Waals surface area contributed by atoms with Crippen molar-refractivity contribution in [2.45, 2.75) is 26.0 Å². The highest BCUT2D eigenvalue weighted by Gasteiger charge is 2.23. The quantitative estimate of drug-likeness (QED) is 0.852. The van der Waals surface area contributed by atoms with Crippen LogP contribution in [0.3, 0.4) is 0 Å². The summed E-state index contributed by atoms with van der Waals surface area (Å²) < 4.78 is 5.51. The molecule has 0 radical (unpaired) electrons. The summed E-state index contributed by atoms with van der Waals surface area (Å²) in [5, 5.41) is 12.3. The molecule has 0 amide bonds. The van der Waals surface area contributed by atoms with Gasteiger partial charge in [-0.25, -0.2) is 4.98 Å². The molecule has 0 bridgehead atoms. The summed E-state index contributed by atoms with van der Waals surface area (Å²) in [4.78, 5) is 4.04. The van der Waals surface area contributed by atoms with E-state index in [9.17, 15) is 0 Å². The minimum atomic E-state index is 0.340. The molecular weight excluding hydrogens is 214 g/mol. The van der Waals surface area contributed by atoms with Crippen LogP contribution in [0.15, 0.2) is 18.3 Å². The lowest BCUT2D eigenvalue weighted by Crippen LogP contribution is -2.27. The van der Waals surface area contributed by atoms with Gasteiger partial charge in [0.2, 0.25) is 0 Å². The maximum Gasteiger partial charge on any atom is 0.144 e. The summed E-state index contributed by atoms with van der Waals surface area (Å²) in [6.45, 7) is 4.61. The van der Waals surface area contributed by atoms with E-state index < -0.39 is 0 Å². The smallest absolute Gasteiger partial charge is 0.144 e. The van der Waals surface area contributed by atoms with Gasteiger partial charge in [-0.1, -0.05) is 6.07 Å². The van der Waals surface area contributed by atoms with Crippen LogP contribution < -0.4 is 5.32 Å². The Morgan fingerprint density at radius 1 is 1.65 bits per heavy atom. The lowest BCUT2D eigenvalue weighted by atomic mass is 10.0. The lowest BCUT2D eigenvalue weighted by Gasteiger charge is -2.14. The van der Waals surface area contributed by atoms with E-state index >= 15 is 0 Å². The monoisotopic (exact) mass is 231 g/mol. The third-order valence-electron chi connectivity index (χ3n) is 3.25. The molecule has 1 aliphatic rings. The number of nitriles is 1. The van der Waals surface area contributed by atoms with Crippen LogP contribution in [0.2, 0.25) is 0 Å². The first kappa shape index (κ1) is 12.0. The number of aromatic nitrogens is 1. The van der Waals surface area contributed by atoms with Crippen LogP contribution in [0.1, 0.15) is 24.6 Å². The maximum atomic E-state index is 8.91. The Morgan fingerprint density at radius 3 is 3.24 bits per heavy atom. The summed E-state index contributed by atoms with van der Waals surface area (Å²) in [7, 11) is 0. The first-order valence-electron chi connectivity index (χ1n) is 5.97. The second kappa shape index (κ2) is 5.76. The summed E-state index contributed by atoms with van der Waals surface area (Å²) >= 11 is 0. The zero-order valence-corrected chi connectivity index (χ0v) is 10.0. The van der Waals surface area contributed by atoms with Gasteiger partial charge < -0.3 is 10.1 Å². The van der Waals surface area contributed by atoms with Crippen LogP contribution in [-0.4, -0.2) is 24.2 Å². The molecule has 1 aromatic heterocycles. The Morgan fingerprint density at radius 2 is 2.53 bits per heavy atom. The van der Waals surface area contributed by atoms with E-state index in [1.54, 1.807) is 6.20 Å². The molecule has 0 aliphatic carbocycles. The normalized spacial score (nSPS) is 23.5. The zero-order chi connectivity index (χ0) is 12.1. The minimum Gasteiger partial charge on any atom is -0.378 e. The largest absolute Gasteiger partial charge is 0.378 e. The molecule has 90 valence electrons. The molecular formula is C13H17N3O. The molecule has 0 spiro atoms. The van der Waals surface area contributed by atoms with Crippen molar-refractivity contribution in [3.05, 3.63) is 29.6 Å². The van der Waals surface area contributed by atoms with Crippen molar-refractivity contribution in [3.63, 3.8) is 0 Å². The van der Waals surface area contributed by atoms with E-state index in [0.717, 1.165) is 25.1 Å². The van der Waals surface area contributed by atoms with Crippen molar-refractivity contribution in [3.8, 4) is 6.07 Å². The highest BCUT2D eigenvalue weighted by Crippen LogP contribution is 2.19. The van der Waals surface area contributed by atoms with Crippen LogP contribution in [0.25, 0.3) is 0 Å². The van der Waals surface area contributed by atoms with Gasteiger partial charge in [-0.15, -0.1) is 0 Å². The summed E-state index contributed by atoms with van der Waals surface area (Å²) in [5.74, 6) is 0.581. The molecule has 4 heteroatoms. The van der Waals surface area contributed by atoms with Gasteiger partial charge in [-0.2, -0.15) is 5.26 Å². The Bertz CT molecular complexity index is 413. The molecule has 0 saturated carbocycles. The van der Waals surface area contributed by atoms with E-state index in [0.29, 0.717) is 24.3 Å². The molecule has 0 aromatic carbocycles. The highest BCUT2D eigenvalue weighted by atomic mass is 16.5. The molecule has 1 aliphatic heterocycles. The first-order valence-corrected chi connectivity index (χ1v) is 5.97. The second-order valence-electron chi connectivity index (χ2n) is 4.38. The molecule has 2 atom stereocenters. The molecule has 1 aromatic rings. The molecule has 2 rings (SSSR count). The topological polar surface area (TPSA) is 57.9 Å². The molecule has 2 unspecified atom stereocenters. The van der Waals surface area contributed by atoms with Gasteiger partial charge >= 0.3 is 0 Å². The summed E-state index contributed by atoms with van der Waals surface area (Å²) in [5.41, 5.74) is 1.47. The number of ether oxygens (including phenoxy) is 1. The van der Waals surface area contributed by atoms with Crippen LogP contribution >= 0.6 is 0 Å². The highest BCUT2D eigenvalue weighted by molar-refractivity contribution is 5.30. The van der Waals surface area contributed by atoms with Gasteiger partial charge in [-0.3, -0.25) is 0 Å². The fourth-order valence-electron chi connectivity index (χ4n) is 2.12. The van der Waals surface area contributed by atoms with Gasteiger partial charge in [0.25, 0.3) is 0 Å². The SMILES string of the molecule is CC1OCCC1CNCc1cccnc1C#N. The number of hydrogen-bond donors (Lipinski definition) is 1. The van der Waals surface area contributed by atoms with Gasteiger partial charge in [0.05, 0.1) is 6.10 Å². The van der Waals surface area contributed by atoms with Crippen LogP contribution in [0.5, 0.6) is 0 Å². The predicted octanol–water partition coefficient (Wildman–Crippen LogP) is 1.47. The van der Waals surface area contributed by atoms with E-state index in [1.165, 1.54) is 0 Å². The minimum absolute atomic E-state index is 0.340. The maximum absolute atomic E-state index is 8.91. The first-order chi connectivity index (χ1) is 8.31. The van der Waals surface area contributed by atoms with Crippen molar-refractivity contribution in [2.75, 3.05) is 13.2 Å². The third-order valence-corrected chi connectivity index (χ3v) is 3.25. The molecule has 1 fully saturated rings. The lowest BCUT2D eigenvalue weighted by molar-refractivity contribution is 0.105. The molecule has 1 N–H and O–H groups in total. The van der Waals surface area contributed by atoms with E-state index in [-0.39, 0.29) is 0 Å². The van der Waals surface area contributed by atoms with Gasteiger partial charge in [0.1, 0.15) is 11.8 Å². The molecule has 17 heavy (non-hydrogen) atoms. The Kier molecular flexibility index (Phi) is 4.08. The predicted molar refractivity (Wildman–Crippen MR) is 64.2 cm³/mol. The van der Waals surface area contributed by atoms with E-state index in [1.807, 2.05) is 12.1 Å². The van der Waals surface area contributed by atoms with E-state index in [4.69, 9.17) is 10.00 Å². The number of pyridine rings is 1. The second-order valence-corrected chi connectivity index (χ2v) is 4.38. The molecule has 2 heterocycles. The molecule has 4 nitrogen and oxygen atoms in total. The summed E-state index contributed by atoms with van der Waals surface area (Å²) in [6, 6.07) is 5.90. The Labute approximate surface area is 102 Å². The van der Waals surface area contributed by atoms with Crippen molar-refractivity contribution in [1.82, 2.24) is 10.3 Å². The van der Waals surface area contributed by atoms with Crippen LogP contribution in [0, 0.1) is 17.2 Å². The van der Waals surface area contributed by atoms with E-state index in [2.05, 4.69) is 23.3 Å². The fraction of sp³-hybridized carbons (Fsp3) is 0.538. The number of rotatable bonds is 4. The van der Waals surface area contributed by atoms with Crippen molar-refractivity contribution in [1.29, 1.82) is 5.26 Å². The Balaban J connectivity index is 1.84. The van der Waals surface area contributed by atoms with Crippen molar-refractivity contribution >= 4 is 0 Å². The standard InChI is InChI=1S/C13H17N3O/c1-10-11(4-6-17-10)8-15-9-12-3-2-5-16-13(12)7-14/h2-3,5,10-11,15H,4,6,8-9H2,1H3. The van der Waals surface area contributed by atoms with Gasteiger partial charge in [0.15, 0.2) is 0 Å².